The second kappa shape index (κ2) is 10.5. The Bertz CT molecular complexity index is 1210. The van der Waals surface area contributed by atoms with Crippen molar-refractivity contribution >= 4 is 16.9 Å². The molecule has 0 bridgehead atoms. The number of nitrogens with zero attached hydrogens (tertiary/aromatic N) is 4. The van der Waals surface area contributed by atoms with E-state index in [0.717, 1.165) is 54.5 Å². The van der Waals surface area contributed by atoms with Crippen LogP contribution in [0.1, 0.15) is 68.3 Å². The minimum atomic E-state index is -0.751. The van der Waals surface area contributed by atoms with E-state index in [1.165, 1.54) is 0 Å². The van der Waals surface area contributed by atoms with E-state index in [0.29, 0.717) is 37.1 Å². The van der Waals surface area contributed by atoms with Crippen molar-refractivity contribution in [3.63, 3.8) is 0 Å². The monoisotopic (exact) mass is 494 g/mol. The van der Waals surface area contributed by atoms with Gasteiger partial charge in [-0.1, -0.05) is 12.1 Å². The van der Waals surface area contributed by atoms with Gasteiger partial charge in [-0.05, 0) is 74.4 Å². The van der Waals surface area contributed by atoms with E-state index >= 15 is 0 Å². The van der Waals surface area contributed by atoms with Gasteiger partial charge in [-0.15, -0.1) is 0 Å². The second-order valence-corrected chi connectivity index (χ2v) is 10.1. The summed E-state index contributed by atoms with van der Waals surface area (Å²) in [6.45, 7) is 3.43. The molecule has 0 spiro atoms. The van der Waals surface area contributed by atoms with Crippen LogP contribution in [-0.2, 0) is 11.2 Å². The molecule has 2 aliphatic rings. The second-order valence-electron chi connectivity index (χ2n) is 10.1. The van der Waals surface area contributed by atoms with Gasteiger partial charge in [-0.3, -0.25) is 14.7 Å². The molecule has 9 heteroatoms. The molecule has 3 aromatic rings. The SMILES string of the molecule is CCc1noc(C2CC(N3CC[C@@H](CCC(O)c4ccnc5ccc(OC)cc45)[C@@H](C(=O)O)C3)C2)n1. The molecule has 192 valence electrons. The molecule has 1 saturated heterocycles. The van der Waals surface area contributed by atoms with E-state index in [9.17, 15) is 15.0 Å². The van der Waals surface area contributed by atoms with E-state index in [2.05, 4.69) is 20.0 Å². The first-order valence-corrected chi connectivity index (χ1v) is 12.9. The molecular weight excluding hydrogens is 460 g/mol. The van der Waals surface area contributed by atoms with Gasteiger partial charge in [-0.25, -0.2) is 0 Å². The zero-order valence-electron chi connectivity index (χ0n) is 20.8. The van der Waals surface area contributed by atoms with Crippen LogP contribution in [0.15, 0.2) is 35.0 Å². The number of ether oxygens (including phenoxy) is 1. The highest BCUT2D eigenvalue weighted by Crippen LogP contribution is 2.42. The molecule has 2 aromatic heterocycles. The number of methoxy groups -OCH3 is 1. The average molecular weight is 495 g/mol. The van der Waals surface area contributed by atoms with Crippen molar-refractivity contribution in [3.05, 3.63) is 47.7 Å². The van der Waals surface area contributed by atoms with Gasteiger partial charge in [0.1, 0.15) is 5.75 Å². The van der Waals surface area contributed by atoms with Gasteiger partial charge in [0.15, 0.2) is 5.82 Å². The summed E-state index contributed by atoms with van der Waals surface area (Å²) in [6, 6.07) is 7.82. The number of carboxylic acid groups (broad SMARTS) is 1. The summed E-state index contributed by atoms with van der Waals surface area (Å²) in [4.78, 5) is 23.3. The maximum absolute atomic E-state index is 12.2. The Kier molecular flexibility index (Phi) is 7.20. The molecule has 1 aliphatic heterocycles. The smallest absolute Gasteiger partial charge is 0.308 e. The lowest BCUT2D eigenvalue weighted by atomic mass is 9.75. The fourth-order valence-electron chi connectivity index (χ4n) is 5.74. The van der Waals surface area contributed by atoms with Gasteiger partial charge >= 0.3 is 5.97 Å². The zero-order chi connectivity index (χ0) is 25.2. The number of aliphatic hydroxyl groups is 1. The molecule has 5 rings (SSSR count). The Morgan fingerprint density at radius 3 is 2.86 bits per heavy atom. The van der Waals surface area contributed by atoms with E-state index in [1.807, 2.05) is 31.2 Å². The Hall–Kier alpha value is -3.04. The lowest BCUT2D eigenvalue weighted by molar-refractivity contribution is -0.147. The fourth-order valence-corrected chi connectivity index (χ4v) is 5.74. The Labute approximate surface area is 210 Å². The van der Waals surface area contributed by atoms with Crippen molar-refractivity contribution < 1.29 is 24.3 Å². The number of aromatic nitrogens is 3. The maximum Gasteiger partial charge on any atom is 0.308 e. The summed E-state index contributed by atoms with van der Waals surface area (Å²) >= 11 is 0. The summed E-state index contributed by atoms with van der Waals surface area (Å²) in [5.74, 6) is 1.28. The lowest BCUT2D eigenvalue weighted by Crippen LogP contribution is -2.52. The average Bonchev–Trinajstić information content (AvgIpc) is 3.34. The van der Waals surface area contributed by atoms with Gasteiger partial charge in [-0.2, -0.15) is 4.98 Å². The van der Waals surface area contributed by atoms with Crippen LogP contribution < -0.4 is 4.74 Å². The van der Waals surface area contributed by atoms with Crippen molar-refractivity contribution in [2.45, 2.75) is 63.5 Å². The summed E-state index contributed by atoms with van der Waals surface area (Å²) in [5, 5.41) is 25.9. The normalized spacial score (nSPS) is 25.4. The van der Waals surface area contributed by atoms with Crippen LogP contribution in [0.4, 0.5) is 0 Å². The van der Waals surface area contributed by atoms with Gasteiger partial charge in [0.25, 0.3) is 0 Å². The Morgan fingerprint density at radius 2 is 2.14 bits per heavy atom. The number of aliphatic carboxylic acids is 1. The first-order chi connectivity index (χ1) is 17.5. The van der Waals surface area contributed by atoms with Crippen molar-refractivity contribution in [1.29, 1.82) is 0 Å². The molecule has 3 heterocycles. The lowest BCUT2D eigenvalue weighted by Gasteiger charge is -2.46. The Morgan fingerprint density at radius 1 is 1.31 bits per heavy atom. The van der Waals surface area contributed by atoms with E-state index in [4.69, 9.17) is 9.26 Å². The van der Waals surface area contributed by atoms with E-state index < -0.39 is 18.0 Å². The molecule has 1 unspecified atom stereocenters. The first kappa shape index (κ1) is 24.6. The third kappa shape index (κ3) is 4.95. The fraction of sp³-hybridized carbons (Fsp3) is 0.556. The molecule has 2 fully saturated rings. The van der Waals surface area contributed by atoms with Crippen LogP contribution in [0.3, 0.4) is 0 Å². The van der Waals surface area contributed by atoms with Crippen molar-refractivity contribution in [3.8, 4) is 5.75 Å². The summed E-state index contributed by atoms with van der Waals surface area (Å²) in [7, 11) is 1.61. The van der Waals surface area contributed by atoms with Gasteiger partial charge in [0, 0.05) is 36.5 Å². The molecule has 1 aromatic carbocycles. The first-order valence-electron chi connectivity index (χ1n) is 12.9. The van der Waals surface area contributed by atoms with E-state index in [1.54, 1.807) is 13.3 Å². The van der Waals surface area contributed by atoms with Crippen LogP contribution in [0.5, 0.6) is 5.75 Å². The molecule has 3 atom stereocenters. The number of carboxylic acids is 1. The number of likely N-dealkylation sites (tertiary alicyclic amines) is 1. The number of aliphatic hydroxyl groups excluding tert-OH is 1. The van der Waals surface area contributed by atoms with Crippen molar-refractivity contribution in [2.75, 3.05) is 20.2 Å². The number of aryl methyl sites for hydroxylation is 1. The molecular formula is C27H34N4O5. The van der Waals surface area contributed by atoms with Crippen molar-refractivity contribution in [1.82, 2.24) is 20.0 Å². The van der Waals surface area contributed by atoms with Gasteiger partial charge in [0.2, 0.25) is 5.89 Å². The molecule has 36 heavy (non-hydrogen) atoms. The standard InChI is InChI=1S/C27H34N4O5/c1-3-25-29-26(36-30-25)17-12-18(13-17)31-11-9-16(22(15-31)27(33)34)4-7-24(32)20-8-10-28-23-6-5-19(35-2)14-21(20)23/h5-6,8,10,14,16-18,22,24,32H,3-4,7,9,11-13,15H2,1-2H3,(H,33,34)/t16-,17?,18?,22+,24?/m1/s1. The number of hydrogen-bond donors (Lipinski definition) is 2. The molecule has 9 nitrogen and oxygen atoms in total. The predicted octanol–water partition coefficient (Wildman–Crippen LogP) is 3.97. The third-order valence-corrected chi connectivity index (χ3v) is 8.04. The van der Waals surface area contributed by atoms with Gasteiger partial charge < -0.3 is 19.5 Å². The maximum atomic E-state index is 12.2. The number of benzene rings is 1. The topological polar surface area (TPSA) is 122 Å². The largest absolute Gasteiger partial charge is 0.497 e. The number of piperidine rings is 1. The highest BCUT2D eigenvalue weighted by Gasteiger charge is 2.42. The summed E-state index contributed by atoms with van der Waals surface area (Å²) in [5.41, 5.74) is 1.60. The molecule has 1 aliphatic carbocycles. The van der Waals surface area contributed by atoms with Crippen LogP contribution >= 0.6 is 0 Å². The number of fused-ring (bicyclic) bond motifs is 1. The van der Waals surface area contributed by atoms with E-state index in [-0.39, 0.29) is 11.8 Å². The highest BCUT2D eigenvalue weighted by molar-refractivity contribution is 5.83. The van der Waals surface area contributed by atoms with Crippen LogP contribution in [0.25, 0.3) is 10.9 Å². The summed E-state index contributed by atoms with van der Waals surface area (Å²) < 4.78 is 10.7. The molecule has 0 radical (unpaired) electrons. The summed E-state index contributed by atoms with van der Waals surface area (Å²) in [6.07, 6.45) is 5.62. The predicted molar refractivity (Wildman–Crippen MR) is 133 cm³/mol. The number of rotatable bonds is 9. The van der Waals surface area contributed by atoms with Crippen LogP contribution in [0.2, 0.25) is 0 Å². The van der Waals surface area contributed by atoms with Crippen molar-refractivity contribution in [2.24, 2.45) is 11.8 Å². The quantitative estimate of drug-likeness (QED) is 0.455. The number of pyridine rings is 1. The Balaban J connectivity index is 1.19. The van der Waals surface area contributed by atoms with Crippen LogP contribution in [0, 0.1) is 11.8 Å². The number of carbonyl (C=O) groups is 1. The molecule has 0 amide bonds. The molecule has 2 N–H and O–H groups in total. The number of hydrogen-bond acceptors (Lipinski definition) is 8. The minimum Gasteiger partial charge on any atom is -0.497 e. The van der Waals surface area contributed by atoms with Gasteiger partial charge in [0.05, 0.1) is 24.6 Å². The zero-order valence-corrected chi connectivity index (χ0v) is 20.8. The minimum absolute atomic E-state index is 0.0370. The molecule has 1 saturated carbocycles. The van der Waals surface area contributed by atoms with Crippen LogP contribution in [-0.4, -0.2) is 62.4 Å². The third-order valence-electron chi connectivity index (χ3n) is 8.04. The highest BCUT2D eigenvalue weighted by atomic mass is 16.5.